The molecule has 0 bridgehead atoms. The lowest BCUT2D eigenvalue weighted by Crippen LogP contribution is -2.46. The average Bonchev–Trinajstić information content (AvgIpc) is 2.34. The molecule has 0 spiro atoms. The van der Waals surface area contributed by atoms with Crippen LogP contribution in [0.25, 0.3) is 0 Å². The van der Waals surface area contributed by atoms with E-state index < -0.39 is 0 Å². The molecule has 8 heteroatoms. The fourth-order valence-corrected chi connectivity index (χ4v) is 1.57. The Morgan fingerprint density at radius 1 is 1.30 bits per heavy atom. The molecule has 2 N–H and O–H groups in total. The van der Waals surface area contributed by atoms with E-state index >= 15 is 0 Å². The Hall–Kier alpha value is -1.63. The number of carbonyl (C=O) groups is 1. The molecule has 1 aromatic heterocycles. The first kappa shape index (κ1) is 16.4. The van der Waals surface area contributed by atoms with Gasteiger partial charge in [0.1, 0.15) is 0 Å². The number of rotatable bonds is 6. The minimum Gasteiger partial charge on any atom is -0.352 e. The van der Waals surface area contributed by atoms with Crippen molar-refractivity contribution in [2.75, 3.05) is 10.3 Å². The number of nitrogens with one attached hydrogen (secondary N) is 2. The number of amides is 1. The summed E-state index contributed by atoms with van der Waals surface area (Å²) in [5, 5.41) is 4.77. The van der Waals surface area contributed by atoms with Gasteiger partial charge in [0.2, 0.25) is 17.1 Å². The SMILES string of the molecule is CC[C@@H](C)Nc1nc(Cl)nc(N(NC(C)=O)C(C)C)n1. The molecule has 0 aromatic carbocycles. The van der Waals surface area contributed by atoms with Gasteiger partial charge in [0, 0.05) is 19.0 Å². The first-order valence-electron chi connectivity index (χ1n) is 6.58. The molecule has 0 saturated heterocycles. The third kappa shape index (κ3) is 4.80. The van der Waals surface area contributed by atoms with Gasteiger partial charge in [-0.25, -0.2) is 5.01 Å². The Balaban J connectivity index is 3.05. The van der Waals surface area contributed by atoms with Gasteiger partial charge < -0.3 is 5.32 Å². The summed E-state index contributed by atoms with van der Waals surface area (Å²) in [5.74, 6) is 0.498. The average molecular weight is 301 g/mol. The van der Waals surface area contributed by atoms with Gasteiger partial charge >= 0.3 is 0 Å². The van der Waals surface area contributed by atoms with Crippen molar-refractivity contribution in [1.82, 2.24) is 20.4 Å². The van der Waals surface area contributed by atoms with Crippen LogP contribution in [0.2, 0.25) is 5.28 Å². The first-order valence-corrected chi connectivity index (χ1v) is 6.95. The summed E-state index contributed by atoms with van der Waals surface area (Å²) < 4.78 is 0. The van der Waals surface area contributed by atoms with Gasteiger partial charge in [-0.3, -0.25) is 10.2 Å². The van der Waals surface area contributed by atoms with Crippen LogP contribution in [-0.4, -0.2) is 32.9 Å². The normalized spacial score (nSPS) is 12.2. The summed E-state index contributed by atoms with van der Waals surface area (Å²) in [6.45, 7) is 9.33. The second-order valence-electron chi connectivity index (χ2n) is 4.81. The quantitative estimate of drug-likeness (QED) is 0.782. The van der Waals surface area contributed by atoms with Crippen molar-refractivity contribution in [3.05, 3.63) is 5.28 Å². The number of carbonyl (C=O) groups excluding carboxylic acids is 1. The molecule has 7 nitrogen and oxygen atoms in total. The minimum atomic E-state index is -0.202. The highest BCUT2D eigenvalue weighted by Gasteiger charge is 2.17. The van der Waals surface area contributed by atoms with E-state index in [0.29, 0.717) is 11.9 Å². The summed E-state index contributed by atoms with van der Waals surface area (Å²) in [7, 11) is 0. The Morgan fingerprint density at radius 2 is 1.95 bits per heavy atom. The lowest BCUT2D eigenvalue weighted by molar-refractivity contribution is -0.119. The van der Waals surface area contributed by atoms with Gasteiger partial charge in [-0.1, -0.05) is 6.92 Å². The van der Waals surface area contributed by atoms with Crippen LogP contribution in [0.5, 0.6) is 0 Å². The summed E-state index contributed by atoms with van der Waals surface area (Å²) in [5.41, 5.74) is 2.67. The molecule has 1 aromatic rings. The minimum absolute atomic E-state index is 0.0196. The smallest absolute Gasteiger partial charge is 0.250 e. The first-order chi connectivity index (χ1) is 9.33. The number of hydrogen-bond donors (Lipinski definition) is 2. The molecule has 0 saturated carbocycles. The Kier molecular flexibility index (Phi) is 5.94. The van der Waals surface area contributed by atoms with Crippen LogP contribution in [0.15, 0.2) is 0 Å². The van der Waals surface area contributed by atoms with Gasteiger partial charge in [-0.2, -0.15) is 15.0 Å². The second kappa shape index (κ2) is 7.23. The van der Waals surface area contributed by atoms with E-state index in [1.165, 1.54) is 6.92 Å². The number of halogens is 1. The topological polar surface area (TPSA) is 83.0 Å². The summed E-state index contributed by atoms with van der Waals surface area (Å²) in [6.07, 6.45) is 0.929. The molecule has 0 radical (unpaired) electrons. The predicted octanol–water partition coefficient (Wildman–Crippen LogP) is 2.00. The van der Waals surface area contributed by atoms with E-state index in [1.54, 1.807) is 5.01 Å². The Morgan fingerprint density at radius 3 is 2.45 bits per heavy atom. The van der Waals surface area contributed by atoms with Crippen molar-refractivity contribution in [2.24, 2.45) is 0 Å². The van der Waals surface area contributed by atoms with E-state index in [9.17, 15) is 4.79 Å². The lowest BCUT2D eigenvalue weighted by Gasteiger charge is -2.26. The van der Waals surface area contributed by atoms with E-state index in [1.807, 2.05) is 20.8 Å². The number of nitrogens with zero attached hydrogens (tertiary/aromatic N) is 4. The number of anilines is 2. The molecule has 112 valence electrons. The van der Waals surface area contributed by atoms with E-state index in [2.05, 4.69) is 32.6 Å². The van der Waals surface area contributed by atoms with E-state index in [-0.39, 0.29) is 23.3 Å². The summed E-state index contributed by atoms with van der Waals surface area (Å²) >= 11 is 5.92. The van der Waals surface area contributed by atoms with Crippen molar-refractivity contribution in [2.45, 2.75) is 53.1 Å². The fourth-order valence-electron chi connectivity index (χ4n) is 1.41. The zero-order chi connectivity index (χ0) is 15.3. The van der Waals surface area contributed by atoms with Crippen molar-refractivity contribution in [1.29, 1.82) is 0 Å². The van der Waals surface area contributed by atoms with Crippen molar-refractivity contribution < 1.29 is 4.79 Å². The fraction of sp³-hybridized carbons (Fsp3) is 0.667. The number of aromatic nitrogens is 3. The van der Waals surface area contributed by atoms with Crippen LogP contribution >= 0.6 is 11.6 Å². The zero-order valence-electron chi connectivity index (χ0n) is 12.4. The van der Waals surface area contributed by atoms with Crippen LogP contribution in [0.1, 0.15) is 41.0 Å². The largest absolute Gasteiger partial charge is 0.352 e. The number of hydrogen-bond acceptors (Lipinski definition) is 6. The molecule has 1 rings (SSSR count). The van der Waals surface area contributed by atoms with Gasteiger partial charge in [-0.15, -0.1) is 0 Å². The van der Waals surface area contributed by atoms with Gasteiger partial charge in [0.05, 0.1) is 0 Å². The van der Waals surface area contributed by atoms with Crippen LogP contribution in [0, 0.1) is 0 Å². The van der Waals surface area contributed by atoms with E-state index in [0.717, 1.165) is 6.42 Å². The van der Waals surface area contributed by atoms with Crippen LogP contribution < -0.4 is 15.8 Å². The Labute approximate surface area is 124 Å². The second-order valence-corrected chi connectivity index (χ2v) is 5.15. The lowest BCUT2D eigenvalue weighted by atomic mass is 10.3. The van der Waals surface area contributed by atoms with Crippen LogP contribution in [0.3, 0.4) is 0 Å². The maximum Gasteiger partial charge on any atom is 0.250 e. The Bertz CT molecular complexity index is 467. The van der Waals surface area contributed by atoms with Crippen LogP contribution in [-0.2, 0) is 4.79 Å². The molecule has 0 unspecified atom stereocenters. The third-order valence-electron chi connectivity index (χ3n) is 2.59. The monoisotopic (exact) mass is 300 g/mol. The third-order valence-corrected chi connectivity index (χ3v) is 2.76. The van der Waals surface area contributed by atoms with Gasteiger partial charge in [-0.05, 0) is 38.8 Å². The standard InChI is InChI=1S/C12H21ClN6O/c1-6-8(4)14-11-15-10(13)16-12(17-11)19(7(2)3)18-9(5)20/h7-8H,6H2,1-5H3,(H,18,20)(H,14,15,16,17)/t8-/m1/s1. The highest BCUT2D eigenvalue weighted by molar-refractivity contribution is 6.28. The van der Waals surface area contributed by atoms with Crippen molar-refractivity contribution in [3.63, 3.8) is 0 Å². The molecular formula is C12H21ClN6O. The number of hydrazine groups is 1. The molecule has 1 amide bonds. The van der Waals surface area contributed by atoms with Crippen molar-refractivity contribution >= 4 is 29.4 Å². The highest BCUT2D eigenvalue weighted by atomic mass is 35.5. The maximum absolute atomic E-state index is 11.3. The summed E-state index contributed by atoms with van der Waals surface area (Å²) in [4.78, 5) is 23.6. The molecule has 20 heavy (non-hydrogen) atoms. The molecule has 0 fully saturated rings. The van der Waals surface area contributed by atoms with E-state index in [4.69, 9.17) is 11.6 Å². The predicted molar refractivity (Wildman–Crippen MR) is 79.6 cm³/mol. The van der Waals surface area contributed by atoms with Crippen LogP contribution in [0.4, 0.5) is 11.9 Å². The molecule has 0 aliphatic heterocycles. The highest BCUT2D eigenvalue weighted by Crippen LogP contribution is 2.15. The molecule has 0 aliphatic carbocycles. The maximum atomic E-state index is 11.3. The molecular weight excluding hydrogens is 280 g/mol. The zero-order valence-corrected chi connectivity index (χ0v) is 13.2. The molecule has 1 heterocycles. The molecule has 1 atom stereocenters. The summed E-state index contributed by atoms with van der Waals surface area (Å²) in [6, 6.07) is 0.198. The molecule has 0 aliphatic rings. The van der Waals surface area contributed by atoms with Crippen molar-refractivity contribution in [3.8, 4) is 0 Å². The van der Waals surface area contributed by atoms with Gasteiger partial charge in [0.15, 0.2) is 0 Å². The van der Waals surface area contributed by atoms with Gasteiger partial charge in [0.25, 0.3) is 5.95 Å².